The fourth-order valence-electron chi connectivity index (χ4n) is 3.93. The normalized spacial score (nSPS) is 25.5. The topological polar surface area (TPSA) is 46.5 Å². The van der Waals surface area contributed by atoms with E-state index in [0.29, 0.717) is 18.1 Å². The van der Waals surface area contributed by atoms with Gasteiger partial charge < -0.3 is 9.84 Å². The minimum absolute atomic E-state index is 0.0314. The van der Waals surface area contributed by atoms with Gasteiger partial charge in [0.05, 0.1) is 0 Å². The van der Waals surface area contributed by atoms with E-state index >= 15 is 0 Å². The predicted molar refractivity (Wildman–Crippen MR) is 120 cm³/mol. The lowest BCUT2D eigenvalue weighted by atomic mass is 9.96. The van der Waals surface area contributed by atoms with Crippen LogP contribution in [0.3, 0.4) is 0 Å². The highest BCUT2D eigenvalue weighted by atomic mass is 33.1. The minimum Gasteiger partial charge on any atom is -0.504 e. The molecule has 0 unspecified atom stereocenters. The van der Waals surface area contributed by atoms with Gasteiger partial charge in [0.2, 0.25) is 0 Å². The van der Waals surface area contributed by atoms with E-state index in [0.717, 1.165) is 36.3 Å². The first-order valence-electron chi connectivity index (χ1n) is 10.6. The first kappa shape index (κ1) is 21.6. The van der Waals surface area contributed by atoms with Crippen molar-refractivity contribution in [2.24, 2.45) is 11.8 Å². The molecule has 0 amide bonds. The number of phenolic OH excluding ortho intramolecular Hbond substituents is 1. The van der Waals surface area contributed by atoms with Gasteiger partial charge in [-0.1, -0.05) is 53.5 Å². The molecule has 1 aromatic carbocycles. The van der Waals surface area contributed by atoms with Crippen molar-refractivity contribution in [2.75, 3.05) is 11.5 Å². The van der Waals surface area contributed by atoms with E-state index in [2.05, 4.69) is 6.92 Å². The Morgan fingerprint density at radius 1 is 1.25 bits per heavy atom. The monoisotopic (exact) mass is 420 g/mol. The lowest BCUT2D eigenvalue weighted by Gasteiger charge is -2.23. The second-order valence-corrected chi connectivity index (χ2v) is 10.5. The molecule has 0 spiro atoms. The van der Waals surface area contributed by atoms with Crippen molar-refractivity contribution in [3.05, 3.63) is 35.9 Å². The number of ketones is 1. The molecule has 1 aliphatic heterocycles. The maximum atomic E-state index is 12.8. The number of carbonyl (C=O) groups is 1. The standard InChI is InChI=1S/C23H32O3S2/c1-2-3-4-5-6-9-20(24)19-13-17-11-12-21(25)23(14-17)26-22-10-7-8-18(22)15-27-28-16-19/h6,9,11-12,14,18-19,22,25H,2-5,7-8,10,13,15-16H2,1H3/b9-6+/t18-,19-,22-/m0/s1. The Kier molecular flexibility index (Phi) is 8.66. The molecule has 3 atom stereocenters. The molecule has 154 valence electrons. The lowest BCUT2D eigenvalue weighted by Crippen LogP contribution is -2.24. The number of hydrogen-bond donors (Lipinski definition) is 1. The number of hydrogen-bond acceptors (Lipinski definition) is 5. The van der Waals surface area contributed by atoms with Crippen LogP contribution in [0.15, 0.2) is 30.4 Å². The van der Waals surface area contributed by atoms with Gasteiger partial charge >= 0.3 is 0 Å². The van der Waals surface area contributed by atoms with E-state index < -0.39 is 0 Å². The van der Waals surface area contributed by atoms with Gasteiger partial charge in [-0.2, -0.15) is 0 Å². The molecule has 1 heterocycles. The molecule has 1 N–H and O–H groups in total. The van der Waals surface area contributed by atoms with E-state index in [9.17, 15) is 9.90 Å². The number of rotatable bonds is 6. The van der Waals surface area contributed by atoms with Crippen molar-refractivity contribution in [3.63, 3.8) is 0 Å². The van der Waals surface area contributed by atoms with Crippen molar-refractivity contribution in [1.82, 2.24) is 0 Å². The first-order chi connectivity index (χ1) is 13.7. The Labute approximate surface area is 177 Å². The van der Waals surface area contributed by atoms with Crippen LogP contribution in [-0.4, -0.2) is 28.5 Å². The van der Waals surface area contributed by atoms with Crippen LogP contribution < -0.4 is 4.74 Å². The second kappa shape index (κ2) is 11.2. The summed E-state index contributed by atoms with van der Waals surface area (Å²) in [6.07, 6.45) is 12.7. The van der Waals surface area contributed by atoms with Gasteiger partial charge in [0.1, 0.15) is 6.10 Å². The zero-order valence-corrected chi connectivity index (χ0v) is 18.4. The van der Waals surface area contributed by atoms with Gasteiger partial charge in [0, 0.05) is 23.3 Å². The zero-order chi connectivity index (χ0) is 19.8. The maximum absolute atomic E-state index is 12.8. The summed E-state index contributed by atoms with van der Waals surface area (Å²) in [5.41, 5.74) is 1.06. The van der Waals surface area contributed by atoms with E-state index in [1.54, 1.807) is 12.1 Å². The van der Waals surface area contributed by atoms with Crippen LogP contribution in [0.25, 0.3) is 0 Å². The van der Waals surface area contributed by atoms with Gasteiger partial charge in [-0.3, -0.25) is 4.79 Å². The lowest BCUT2D eigenvalue weighted by molar-refractivity contribution is -0.117. The molecule has 1 aliphatic carbocycles. The smallest absolute Gasteiger partial charge is 0.161 e. The third-order valence-electron chi connectivity index (χ3n) is 5.67. The summed E-state index contributed by atoms with van der Waals surface area (Å²) in [6, 6.07) is 5.57. The summed E-state index contributed by atoms with van der Waals surface area (Å²) in [6.45, 7) is 2.19. The third-order valence-corrected chi connectivity index (χ3v) is 8.25. The van der Waals surface area contributed by atoms with E-state index in [1.165, 1.54) is 25.7 Å². The van der Waals surface area contributed by atoms with Crippen LogP contribution in [0.5, 0.6) is 11.5 Å². The van der Waals surface area contributed by atoms with Crippen LogP contribution >= 0.6 is 21.6 Å². The number of benzene rings is 1. The van der Waals surface area contributed by atoms with Crippen molar-refractivity contribution >= 4 is 27.4 Å². The van der Waals surface area contributed by atoms with E-state index in [4.69, 9.17) is 4.74 Å². The van der Waals surface area contributed by atoms with Gasteiger partial charge in [0.15, 0.2) is 17.3 Å². The van der Waals surface area contributed by atoms with Crippen LogP contribution in [0.1, 0.15) is 57.4 Å². The predicted octanol–water partition coefficient (Wildman–Crippen LogP) is 6.20. The van der Waals surface area contributed by atoms with Crippen molar-refractivity contribution < 1.29 is 14.6 Å². The van der Waals surface area contributed by atoms with Gasteiger partial charge in [-0.05, 0) is 62.3 Å². The molecule has 0 aromatic heterocycles. The Bertz CT molecular complexity index is 674. The Morgan fingerprint density at radius 2 is 2.11 bits per heavy atom. The number of ether oxygens (including phenoxy) is 1. The fraction of sp³-hybridized carbons (Fsp3) is 0.609. The molecular formula is C23H32O3S2. The van der Waals surface area contributed by atoms with Crippen LogP contribution in [0.2, 0.25) is 0 Å². The molecule has 1 aromatic rings. The van der Waals surface area contributed by atoms with Crippen molar-refractivity contribution in [3.8, 4) is 11.5 Å². The summed E-state index contributed by atoms with van der Waals surface area (Å²) in [5.74, 6) is 3.36. The van der Waals surface area contributed by atoms with Crippen molar-refractivity contribution in [2.45, 2.75) is 64.4 Å². The molecule has 5 heteroatoms. The molecule has 2 aliphatic rings. The molecule has 3 nitrogen and oxygen atoms in total. The molecule has 2 bridgehead atoms. The SMILES string of the molecule is CCCCC/C=C/C(=O)[C@@H]1CSSC[C@@H]2CCC[C@@H]2Oc2cc(ccc2O)C1. The average Bonchev–Trinajstić information content (AvgIpc) is 3.12. The van der Waals surface area contributed by atoms with E-state index in [-0.39, 0.29) is 23.6 Å². The summed E-state index contributed by atoms with van der Waals surface area (Å²) >= 11 is 0. The number of carbonyl (C=O) groups excluding carboxylic acids is 1. The highest BCUT2D eigenvalue weighted by Gasteiger charge is 2.30. The molecular weight excluding hydrogens is 388 g/mol. The minimum atomic E-state index is -0.0314. The van der Waals surface area contributed by atoms with Crippen LogP contribution in [0.4, 0.5) is 0 Å². The van der Waals surface area contributed by atoms with Crippen molar-refractivity contribution in [1.29, 1.82) is 0 Å². The molecule has 1 fully saturated rings. The number of allylic oxidation sites excluding steroid dienone is 2. The Morgan fingerprint density at radius 3 is 2.96 bits per heavy atom. The average molecular weight is 421 g/mol. The van der Waals surface area contributed by atoms with Crippen LogP contribution in [-0.2, 0) is 11.2 Å². The van der Waals surface area contributed by atoms with E-state index in [1.807, 2.05) is 39.8 Å². The second-order valence-electron chi connectivity index (χ2n) is 7.92. The van der Waals surface area contributed by atoms with Gasteiger partial charge in [-0.15, -0.1) is 0 Å². The molecule has 0 radical (unpaired) electrons. The Balaban J connectivity index is 1.72. The zero-order valence-electron chi connectivity index (χ0n) is 16.8. The molecule has 3 rings (SSSR count). The van der Waals surface area contributed by atoms with Crippen LogP contribution in [0, 0.1) is 11.8 Å². The molecule has 28 heavy (non-hydrogen) atoms. The Hall–Kier alpha value is -1.07. The molecule has 1 saturated carbocycles. The summed E-state index contributed by atoms with van der Waals surface area (Å²) in [7, 11) is 3.70. The number of fused-ring (bicyclic) bond motifs is 3. The molecule has 0 saturated heterocycles. The quantitative estimate of drug-likeness (QED) is 0.337. The highest BCUT2D eigenvalue weighted by molar-refractivity contribution is 8.76. The maximum Gasteiger partial charge on any atom is 0.161 e. The van der Waals surface area contributed by atoms with Gasteiger partial charge in [0.25, 0.3) is 0 Å². The first-order valence-corrected chi connectivity index (χ1v) is 13.1. The summed E-state index contributed by atoms with van der Waals surface area (Å²) < 4.78 is 6.21. The third kappa shape index (κ3) is 6.21. The summed E-state index contributed by atoms with van der Waals surface area (Å²) in [4.78, 5) is 12.8. The highest BCUT2D eigenvalue weighted by Crippen LogP contribution is 2.39. The number of phenols is 1. The van der Waals surface area contributed by atoms with Gasteiger partial charge in [-0.25, -0.2) is 0 Å². The largest absolute Gasteiger partial charge is 0.504 e. The summed E-state index contributed by atoms with van der Waals surface area (Å²) in [5, 5.41) is 10.2. The number of unbranched alkanes of at least 4 members (excludes halogenated alkanes) is 3. The number of aromatic hydroxyl groups is 1. The fourth-order valence-corrected chi connectivity index (χ4v) is 6.72.